The number of aromatic nitrogens is 3. The summed E-state index contributed by atoms with van der Waals surface area (Å²) in [6.07, 6.45) is 0. The second-order valence-corrected chi connectivity index (χ2v) is 5.99. The van der Waals surface area contributed by atoms with Crippen LogP contribution in [0.4, 0.5) is 0 Å². The predicted octanol–water partition coefficient (Wildman–Crippen LogP) is 3.91. The highest BCUT2D eigenvalue weighted by atomic mass is 35.5. The zero-order chi connectivity index (χ0) is 16.2. The summed E-state index contributed by atoms with van der Waals surface area (Å²) in [5, 5.41) is 27.9. The molecule has 1 aromatic heterocycles. The maximum Gasteiger partial charge on any atom is 0.197 e. The molecule has 3 aromatic rings. The molecule has 1 heterocycles. The smallest absolute Gasteiger partial charge is 0.197 e. The summed E-state index contributed by atoms with van der Waals surface area (Å²) < 4.78 is 1.85. The molecule has 0 saturated heterocycles. The largest absolute Gasteiger partial charge is 0.508 e. The Morgan fingerprint density at radius 2 is 1.96 bits per heavy atom. The maximum atomic E-state index is 9.45. The summed E-state index contributed by atoms with van der Waals surface area (Å²) in [5.74, 6) is 1.07. The van der Waals surface area contributed by atoms with E-state index in [0.29, 0.717) is 16.0 Å². The highest BCUT2D eigenvalue weighted by Gasteiger charge is 2.16. The maximum absolute atomic E-state index is 9.45. The van der Waals surface area contributed by atoms with Gasteiger partial charge in [-0.1, -0.05) is 29.4 Å². The van der Waals surface area contributed by atoms with Crippen LogP contribution in [0, 0.1) is 11.3 Å². The SMILES string of the molecule is N#CCSc1nnc(-c2ccc(O)cc2)n1-c1cccc(Cl)c1. The number of phenols is 1. The monoisotopic (exact) mass is 342 g/mol. The fraction of sp³-hybridized carbons (Fsp3) is 0.0625. The van der Waals surface area contributed by atoms with Crippen molar-refractivity contribution in [2.75, 3.05) is 5.75 Å². The molecule has 0 aliphatic heterocycles. The summed E-state index contributed by atoms with van der Waals surface area (Å²) in [7, 11) is 0. The third kappa shape index (κ3) is 3.31. The molecule has 0 radical (unpaired) electrons. The third-order valence-corrected chi connectivity index (χ3v) is 4.12. The first-order valence-electron chi connectivity index (χ1n) is 6.69. The van der Waals surface area contributed by atoms with E-state index in [4.69, 9.17) is 16.9 Å². The predicted molar refractivity (Wildman–Crippen MR) is 89.8 cm³/mol. The van der Waals surface area contributed by atoms with Gasteiger partial charge in [0.05, 0.1) is 17.5 Å². The van der Waals surface area contributed by atoms with Gasteiger partial charge in [0.2, 0.25) is 0 Å². The molecule has 0 bridgehead atoms. The molecular formula is C16H11ClN4OS. The average molecular weight is 343 g/mol. The lowest BCUT2D eigenvalue weighted by Crippen LogP contribution is -1.99. The molecule has 23 heavy (non-hydrogen) atoms. The Labute approximate surface area is 142 Å². The lowest BCUT2D eigenvalue weighted by molar-refractivity contribution is 0.475. The molecule has 3 rings (SSSR count). The molecule has 114 valence electrons. The normalized spacial score (nSPS) is 10.4. The van der Waals surface area contributed by atoms with Crippen LogP contribution in [0.5, 0.6) is 5.75 Å². The second-order valence-electron chi connectivity index (χ2n) is 4.62. The van der Waals surface area contributed by atoms with Gasteiger partial charge in [0, 0.05) is 10.6 Å². The van der Waals surface area contributed by atoms with Crippen molar-refractivity contribution in [3.05, 3.63) is 53.6 Å². The molecule has 0 spiro atoms. The number of rotatable bonds is 4. The summed E-state index contributed by atoms with van der Waals surface area (Å²) >= 11 is 7.39. The third-order valence-electron chi connectivity index (χ3n) is 3.09. The summed E-state index contributed by atoms with van der Waals surface area (Å²) in [4.78, 5) is 0. The molecule has 7 heteroatoms. The molecule has 0 amide bonds. The Morgan fingerprint density at radius 1 is 1.17 bits per heavy atom. The van der Waals surface area contributed by atoms with Gasteiger partial charge in [-0.3, -0.25) is 4.57 Å². The Kier molecular flexibility index (Phi) is 4.51. The van der Waals surface area contributed by atoms with Crippen molar-refractivity contribution in [2.24, 2.45) is 0 Å². The summed E-state index contributed by atoms with van der Waals surface area (Å²) in [5.41, 5.74) is 1.62. The Bertz CT molecular complexity index is 871. The summed E-state index contributed by atoms with van der Waals surface area (Å²) in [6.45, 7) is 0. The fourth-order valence-corrected chi connectivity index (χ4v) is 2.90. The van der Waals surface area contributed by atoms with E-state index in [1.807, 2.05) is 22.8 Å². The van der Waals surface area contributed by atoms with Gasteiger partial charge in [0.25, 0.3) is 0 Å². The zero-order valence-corrected chi connectivity index (χ0v) is 13.4. The van der Waals surface area contributed by atoms with E-state index in [1.54, 1.807) is 30.3 Å². The number of thioether (sulfide) groups is 1. The minimum atomic E-state index is 0.182. The van der Waals surface area contributed by atoms with Crippen LogP contribution in [0.2, 0.25) is 5.02 Å². The van der Waals surface area contributed by atoms with Crippen molar-refractivity contribution in [1.82, 2.24) is 14.8 Å². The number of nitrogens with zero attached hydrogens (tertiary/aromatic N) is 4. The highest BCUT2D eigenvalue weighted by Crippen LogP contribution is 2.29. The van der Waals surface area contributed by atoms with Gasteiger partial charge in [-0.2, -0.15) is 5.26 Å². The fourth-order valence-electron chi connectivity index (χ4n) is 2.11. The van der Waals surface area contributed by atoms with Crippen LogP contribution >= 0.6 is 23.4 Å². The molecule has 0 aliphatic carbocycles. The first-order chi connectivity index (χ1) is 11.2. The van der Waals surface area contributed by atoms with Crippen LogP contribution in [0.1, 0.15) is 0 Å². The molecule has 0 fully saturated rings. The van der Waals surface area contributed by atoms with E-state index < -0.39 is 0 Å². The quantitative estimate of drug-likeness (QED) is 0.727. The van der Waals surface area contributed by atoms with Gasteiger partial charge in [-0.05, 0) is 42.5 Å². The van der Waals surface area contributed by atoms with Crippen LogP contribution in [-0.4, -0.2) is 25.6 Å². The molecule has 2 aromatic carbocycles. The number of aromatic hydroxyl groups is 1. The summed E-state index contributed by atoms with van der Waals surface area (Å²) in [6, 6.07) is 16.1. The van der Waals surface area contributed by atoms with Crippen molar-refractivity contribution in [3.8, 4) is 28.9 Å². The van der Waals surface area contributed by atoms with Crippen molar-refractivity contribution < 1.29 is 5.11 Å². The Balaban J connectivity index is 2.15. The number of hydrogen-bond donors (Lipinski definition) is 1. The lowest BCUT2D eigenvalue weighted by Gasteiger charge is -2.10. The first-order valence-corrected chi connectivity index (χ1v) is 8.06. The van der Waals surface area contributed by atoms with Gasteiger partial charge in [-0.25, -0.2) is 0 Å². The van der Waals surface area contributed by atoms with Gasteiger partial charge < -0.3 is 5.11 Å². The standard InChI is InChI=1S/C16H11ClN4OS/c17-12-2-1-3-13(10-12)21-15(11-4-6-14(22)7-5-11)19-20-16(21)23-9-8-18/h1-7,10,22H,9H2. The minimum Gasteiger partial charge on any atom is -0.508 e. The number of phenolic OH excluding ortho intramolecular Hbond substituents is 1. The Hall–Kier alpha value is -2.49. The lowest BCUT2D eigenvalue weighted by atomic mass is 10.2. The van der Waals surface area contributed by atoms with Crippen LogP contribution in [0.25, 0.3) is 17.1 Å². The van der Waals surface area contributed by atoms with Crippen molar-refractivity contribution in [1.29, 1.82) is 5.26 Å². The van der Waals surface area contributed by atoms with Crippen LogP contribution in [-0.2, 0) is 0 Å². The topological polar surface area (TPSA) is 74.7 Å². The minimum absolute atomic E-state index is 0.182. The first kappa shape index (κ1) is 15.4. The molecular weight excluding hydrogens is 332 g/mol. The number of halogens is 1. The van der Waals surface area contributed by atoms with E-state index in [2.05, 4.69) is 16.3 Å². The zero-order valence-electron chi connectivity index (χ0n) is 11.8. The molecule has 0 atom stereocenters. The average Bonchev–Trinajstić information content (AvgIpc) is 2.97. The van der Waals surface area contributed by atoms with Gasteiger partial charge in [0.15, 0.2) is 11.0 Å². The van der Waals surface area contributed by atoms with Crippen LogP contribution in [0.15, 0.2) is 53.7 Å². The van der Waals surface area contributed by atoms with Crippen molar-refractivity contribution in [2.45, 2.75) is 5.16 Å². The van der Waals surface area contributed by atoms with Gasteiger partial charge in [-0.15, -0.1) is 10.2 Å². The molecule has 0 saturated carbocycles. The van der Waals surface area contributed by atoms with E-state index in [-0.39, 0.29) is 11.5 Å². The van der Waals surface area contributed by atoms with E-state index in [1.165, 1.54) is 11.8 Å². The van der Waals surface area contributed by atoms with Crippen LogP contribution < -0.4 is 0 Å². The number of benzene rings is 2. The Morgan fingerprint density at radius 3 is 2.65 bits per heavy atom. The van der Waals surface area contributed by atoms with E-state index >= 15 is 0 Å². The second kappa shape index (κ2) is 6.73. The number of nitriles is 1. The van der Waals surface area contributed by atoms with Gasteiger partial charge in [0.1, 0.15) is 5.75 Å². The van der Waals surface area contributed by atoms with Crippen molar-refractivity contribution in [3.63, 3.8) is 0 Å². The molecule has 0 aliphatic rings. The highest BCUT2D eigenvalue weighted by molar-refractivity contribution is 7.99. The van der Waals surface area contributed by atoms with Crippen LogP contribution in [0.3, 0.4) is 0 Å². The van der Waals surface area contributed by atoms with Crippen molar-refractivity contribution >= 4 is 23.4 Å². The molecule has 0 unspecified atom stereocenters. The van der Waals surface area contributed by atoms with Gasteiger partial charge >= 0.3 is 0 Å². The molecule has 5 nitrogen and oxygen atoms in total. The molecule has 1 N–H and O–H groups in total. The van der Waals surface area contributed by atoms with E-state index in [9.17, 15) is 5.11 Å². The number of hydrogen-bond acceptors (Lipinski definition) is 5. The van der Waals surface area contributed by atoms with E-state index in [0.717, 1.165) is 11.3 Å².